The van der Waals surface area contributed by atoms with Crippen LogP contribution in [-0.4, -0.2) is 29.9 Å². The van der Waals surface area contributed by atoms with Gasteiger partial charge in [-0.1, -0.05) is 45.4 Å². The molecule has 0 fully saturated rings. The SMILES string of the molecule is CCCCCCCCCN(CCCl)C(C)C. The van der Waals surface area contributed by atoms with Gasteiger partial charge in [0.25, 0.3) is 0 Å². The molecule has 0 aromatic heterocycles. The highest BCUT2D eigenvalue weighted by Gasteiger charge is 2.07. The highest BCUT2D eigenvalue weighted by molar-refractivity contribution is 6.18. The maximum absolute atomic E-state index is 5.80. The number of unbranched alkanes of at least 4 members (excludes halogenated alkanes) is 6. The predicted molar refractivity (Wildman–Crippen MR) is 75.4 cm³/mol. The minimum atomic E-state index is 0.638. The molecule has 0 rings (SSSR count). The summed E-state index contributed by atoms with van der Waals surface area (Å²) in [5.41, 5.74) is 0. The number of rotatable bonds is 11. The molecule has 0 bridgehead atoms. The van der Waals surface area contributed by atoms with Crippen LogP contribution in [0.5, 0.6) is 0 Å². The molecule has 0 amide bonds. The van der Waals surface area contributed by atoms with Crippen LogP contribution in [0.2, 0.25) is 0 Å². The quantitative estimate of drug-likeness (QED) is 0.378. The van der Waals surface area contributed by atoms with Crippen molar-refractivity contribution in [3.63, 3.8) is 0 Å². The van der Waals surface area contributed by atoms with Gasteiger partial charge in [-0.25, -0.2) is 0 Å². The number of nitrogens with zero attached hydrogens (tertiary/aromatic N) is 1. The predicted octanol–water partition coefficient (Wildman–Crippen LogP) is 4.69. The highest BCUT2D eigenvalue weighted by Crippen LogP contribution is 2.08. The van der Waals surface area contributed by atoms with E-state index in [1.54, 1.807) is 0 Å². The van der Waals surface area contributed by atoms with Gasteiger partial charge in [0.2, 0.25) is 0 Å². The van der Waals surface area contributed by atoms with E-state index < -0.39 is 0 Å². The van der Waals surface area contributed by atoms with Crippen molar-refractivity contribution < 1.29 is 0 Å². The zero-order valence-electron chi connectivity index (χ0n) is 11.5. The van der Waals surface area contributed by atoms with E-state index in [-0.39, 0.29) is 0 Å². The van der Waals surface area contributed by atoms with Crippen molar-refractivity contribution in [2.45, 2.75) is 71.8 Å². The Balaban J connectivity index is 3.33. The highest BCUT2D eigenvalue weighted by atomic mass is 35.5. The Morgan fingerprint density at radius 2 is 1.44 bits per heavy atom. The first-order valence-electron chi connectivity index (χ1n) is 7.02. The molecule has 0 heterocycles. The van der Waals surface area contributed by atoms with Crippen molar-refractivity contribution in [1.82, 2.24) is 4.90 Å². The lowest BCUT2D eigenvalue weighted by Crippen LogP contribution is -2.33. The fourth-order valence-electron chi connectivity index (χ4n) is 2.01. The van der Waals surface area contributed by atoms with E-state index in [9.17, 15) is 0 Å². The van der Waals surface area contributed by atoms with Crippen LogP contribution in [0.1, 0.15) is 65.7 Å². The van der Waals surface area contributed by atoms with Gasteiger partial charge in [0, 0.05) is 18.5 Å². The molecule has 2 heteroatoms. The van der Waals surface area contributed by atoms with Gasteiger partial charge in [-0.15, -0.1) is 11.6 Å². The average Bonchev–Trinajstić information content (AvgIpc) is 2.26. The lowest BCUT2D eigenvalue weighted by molar-refractivity contribution is 0.229. The zero-order valence-corrected chi connectivity index (χ0v) is 12.2. The Hall–Kier alpha value is 0.250. The fraction of sp³-hybridized carbons (Fsp3) is 1.00. The van der Waals surface area contributed by atoms with Crippen LogP contribution in [0.3, 0.4) is 0 Å². The van der Waals surface area contributed by atoms with Crippen molar-refractivity contribution in [3.8, 4) is 0 Å². The average molecular weight is 248 g/mol. The monoisotopic (exact) mass is 247 g/mol. The maximum Gasteiger partial charge on any atom is 0.0351 e. The number of hydrogen-bond acceptors (Lipinski definition) is 1. The molecular formula is C14H30ClN. The fourth-order valence-corrected chi connectivity index (χ4v) is 2.23. The van der Waals surface area contributed by atoms with E-state index in [4.69, 9.17) is 11.6 Å². The third kappa shape index (κ3) is 9.47. The van der Waals surface area contributed by atoms with E-state index in [0.717, 1.165) is 12.4 Å². The topological polar surface area (TPSA) is 3.24 Å². The van der Waals surface area contributed by atoms with E-state index in [1.807, 2.05) is 0 Å². The van der Waals surface area contributed by atoms with Gasteiger partial charge >= 0.3 is 0 Å². The molecule has 0 aliphatic carbocycles. The van der Waals surface area contributed by atoms with Crippen LogP contribution in [0, 0.1) is 0 Å². The summed E-state index contributed by atoms with van der Waals surface area (Å²) in [5.74, 6) is 0.759. The van der Waals surface area contributed by atoms with Crippen molar-refractivity contribution >= 4 is 11.6 Å². The Kier molecular flexibility index (Phi) is 11.9. The van der Waals surface area contributed by atoms with Crippen molar-refractivity contribution in [2.24, 2.45) is 0 Å². The summed E-state index contributed by atoms with van der Waals surface area (Å²) in [6, 6.07) is 0.638. The van der Waals surface area contributed by atoms with Crippen LogP contribution in [0.15, 0.2) is 0 Å². The second-order valence-corrected chi connectivity index (χ2v) is 5.32. The minimum Gasteiger partial charge on any atom is -0.300 e. The lowest BCUT2D eigenvalue weighted by atomic mass is 10.1. The maximum atomic E-state index is 5.80. The molecule has 0 saturated carbocycles. The molecule has 0 spiro atoms. The number of halogens is 1. The summed E-state index contributed by atoms with van der Waals surface area (Å²) in [7, 11) is 0. The molecule has 1 nitrogen and oxygen atoms in total. The molecular weight excluding hydrogens is 218 g/mol. The standard InChI is InChI=1S/C14H30ClN/c1-4-5-6-7-8-9-10-12-16(13-11-15)14(2)3/h14H,4-13H2,1-3H3. The molecule has 0 aromatic rings. The largest absolute Gasteiger partial charge is 0.300 e. The van der Waals surface area contributed by atoms with Crippen molar-refractivity contribution in [2.75, 3.05) is 19.0 Å². The molecule has 98 valence electrons. The van der Waals surface area contributed by atoms with E-state index in [0.29, 0.717) is 6.04 Å². The molecule has 16 heavy (non-hydrogen) atoms. The number of hydrogen-bond donors (Lipinski definition) is 0. The first-order chi connectivity index (χ1) is 7.72. The first-order valence-corrected chi connectivity index (χ1v) is 7.55. The van der Waals surface area contributed by atoms with Crippen LogP contribution in [0.4, 0.5) is 0 Å². The van der Waals surface area contributed by atoms with Crippen LogP contribution >= 0.6 is 11.6 Å². The van der Waals surface area contributed by atoms with Crippen molar-refractivity contribution in [3.05, 3.63) is 0 Å². The molecule has 0 radical (unpaired) electrons. The summed E-state index contributed by atoms with van der Waals surface area (Å²) in [4.78, 5) is 2.49. The molecule has 0 atom stereocenters. The second kappa shape index (κ2) is 11.7. The van der Waals surface area contributed by atoms with Gasteiger partial charge in [0.15, 0.2) is 0 Å². The van der Waals surface area contributed by atoms with Gasteiger partial charge in [0.1, 0.15) is 0 Å². The molecule has 0 saturated heterocycles. The summed E-state index contributed by atoms with van der Waals surface area (Å²) in [6.07, 6.45) is 9.72. The van der Waals surface area contributed by atoms with Crippen molar-refractivity contribution in [1.29, 1.82) is 0 Å². The minimum absolute atomic E-state index is 0.638. The Morgan fingerprint density at radius 1 is 0.875 bits per heavy atom. The first kappa shape index (κ1) is 16.2. The van der Waals surface area contributed by atoms with Gasteiger partial charge in [-0.2, -0.15) is 0 Å². The summed E-state index contributed by atoms with van der Waals surface area (Å²) in [6.45, 7) is 9.04. The molecule has 0 aliphatic rings. The van der Waals surface area contributed by atoms with Crippen LogP contribution in [0.25, 0.3) is 0 Å². The zero-order chi connectivity index (χ0) is 12.2. The Labute approximate surface area is 108 Å². The Morgan fingerprint density at radius 3 is 1.94 bits per heavy atom. The molecule has 0 aliphatic heterocycles. The molecule has 0 N–H and O–H groups in total. The number of alkyl halides is 1. The van der Waals surface area contributed by atoms with Gasteiger partial charge < -0.3 is 0 Å². The molecule has 0 aromatic carbocycles. The third-order valence-corrected chi connectivity index (χ3v) is 3.32. The lowest BCUT2D eigenvalue weighted by Gasteiger charge is -2.25. The molecule has 0 unspecified atom stereocenters. The normalized spacial score (nSPS) is 11.6. The van der Waals surface area contributed by atoms with Gasteiger partial charge in [-0.05, 0) is 26.8 Å². The van der Waals surface area contributed by atoms with Gasteiger partial charge in [0.05, 0.1) is 0 Å². The van der Waals surface area contributed by atoms with E-state index in [1.165, 1.54) is 51.5 Å². The van der Waals surface area contributed by atoms with Crippen LogP contribution in [-0.2, 0) is 0 Å². The smallest absolute Gasteiger partial charge is 0.0351 e. The summed E-state index contributed by atoms with van der Waals surface area (Å²) in [5, 5.41) is 0. The second-order valence-electron chi connectivity index (χ2n) is 4.94. The van der Waals surface area contributed by atoms with Gasteiger partial charge in [-0.3, -0.25) is 4.90 Å². The van der Waals surface area contributed by atoms with E-state index in [2.05, 4.69) is 25.7 Å². The summed E-state index contributed by atoms with van der Waals surface area (Å²) < 4.78 is 0. The Bertz CT molecular complexity index is 137. The third-order valence-electron chi connectivity index (χ3n) is 3.15. The summed E-state index contributed by atoms with van der Waals surface area (Å²) >= 11 is 5.80. The van der Waals surface area contributed by atoms with Crippen LogP contribution < -0.4 is 0 Å². The van der Waals surface area contributed by atoms with E-state index >= 15 is 0 Å².